The van der Waals surface area contributed by atoms with Crippen molar-refractivity contribution >= 4 is 17.6 Å². The highest BCUT2D eigenvalue weighted by Crippen LogP contribution is 2.32. The van der Waals surface area contributed by atoms with E-state index in [0.717, 1.165) is 81.1 Å². The molecular weight excluding hydrogens is 368 g/mol. The molecule has 158 valence electrons. The average Bonchev–Trinajstić information content (AvgIpc) is 3.28. The lowest BCUT2D eigenvalue weighted by atomic mass is 9.99. The number of rotatable bonds is 4. The Balaban J connectivity index is 1.58. The lowest BCUT2D eigenvalue weighted by Crippen LogP contribution is -2.43. The molecule has 0 radical (unpaired) electrons. The third-order valence-corrected chi connectivity index (χ3v) is 6.47. The normalized spacial score (nSPS) is 22.5. The number of hydrogen-bond acceptors (Lipinski definition) is 6. The molecule has 8 heteroatoms. The molecule has 3 aliphatic heterocycles. The quantitative estimate of drug-likeness (QED) is 0.826. The predicted octanol–water partition coefficient (Wildman–Crippen LogP) is 1.57. The number of carbonyl (C=O) groups is 2. The van der Waals surface area contributed by atoms with Crippen LogP contribution in [0.15, 0.2) is 0 Å². The maximum absolute atomic E-state index is 12.8. The predicted molar refractivity (Wildman–Crippen MR) is 110 cm³/mol. The minimum atomic E-state index is 0.0559. The Hall–Kier alpha value is -2.22. The number of carbonyl (C=O) groups excluding carboxylic acids is 2. The number of nitrogens with one attached hydrogen (secondary N) is 1. The smallest absolute Gasteiger partial charge is 0.236 e. The zero-order valence-corrected chi connectivity index (χ0v) is 17.6. The van der Waals surface area contributed by atoms with Crippen molar-refractivity contribution in [2.75, 3.05) is 45.1 Å². The van der Waals surface area contributed by atoms with E-state index in [0.29, 0.717) is 19.6 Å². The van der Waals surface area contributed by atoms with Crippen LogP contribution >= 0.6 is 0 Å². The molecule has 0 aliphatic carbocycles. The molecule has 0 aromatic carbocycles. The molecule has 1 atom stereocenters. The minimum Gasteiger partial charge on any atom is -0.373 e. The van der Waals surface area contributed by atoms with E-state index >= 15 is 0 Å². The van der Waals surface area contributed by atoms with Gasteiger partial charge in [0.25, 0.3) is 0 Å². The van der Waals surface area contributed by atoms with Crippen LogP contribution in [0.4, 0.5) is 5.82 Å². The van der Waals surface area contributed by atoms with Crippen LogP contribution in [0.5, 0.6) is 0 Å². The standard InChI is InChI=1S/C21H32N6O2/c1-15(28)26-12-8-16-17(13-26)23-21(24-20(16)22-2)18-7-3-4-11-27(18)14-19(29)25-9-5-6-10-25/h18H,3-14H2,1-2H3,(H,22,23,24)/t18-/m1/s1. The van der Waals surface area contributed by atoms with Gasteiger partial charge in [-0.1, -0.05) is 6.42 Å². The van der Waals surface area contributed by atoms with Crippen molar-refractivity contribution in [1.29, 1.82) is 0 Å². The minimum absolute atomic E-state index is 0.0559. The fraction of sp³-hybridized carbons (Fsp3) is 0.714. The van der Waals surface area contributed by atoms with E-state index in [1.807, 2.05) is 16.8 Å². The maximum Gasteiger partial charge on any atom is 0.236 e. The van der Waals surface area contributed by atoms with Gasteiger partial charge >= 0.3 is 0 Å². The van der Waals surface area contributed by atoms with E-state index < -0.39 is 0 Å². The van der Waals surface area contributed by atoms with Crippen molar-refractivity contribution in [3.8, 4) is 0 Å². The summed E-state index contributed by atoms with van der Waals surface area (Å²) < 4.78 is 0. The first-order valence-electron chi connectivity index (χ1n) is 10.9. The Labute approximate surface area is 172 Å². The fourth-order valence-electron chi connectivity index (χ4n) is 4.79. The van der Waals surface area contributed by atoms with Gasteiger partial charge in [0, 0.05) is 39.2 Å². The summed E-state index contributed by atoms with van der Waals surface area (Å²) in [5.74, 6) is 1.96. The Morgan fingerprint density at radius 3 is 2.52 bits per heavy atom. The summed E-state index contributed by atoms with van der Waals surface area (Å²) in [4.78, 5) is 40.5. The molecule has 3 aliphatic rings. The monoisotopic (exact) mass is 400 g/mol. The van der Waals surface area contributed by atoms with Gasteiger partial charge in [-0.3, -0.25) is 14.5 Å². The number of fused-ring (bicyclic) bond motifs is 1. The number of anilines is 1. The van der Waals surface area contributed by atoms with Gasteiger partial charge in [-0.15, -0.1) is 0 Å². The molecule has 4 heterocycles. The molecule has 0 spiro atoms. The maximum atomic E-state index is 12.8. The van der Waals surface area contributed by atoms with Crippen molar-refractivity contribution < 1.29 is 9.59 Å². The summed E-state index contributed by atoms with van der Waals surface area (Å²) in [6.07, 6.45) is 6.18. The van der Waals surface area contributed by atoms with Gasteiger partial charge in [-0.25, -0.2) is 9.97 Å². The van der Waals surface area contributed by atoms with E-state index in [2.05, 4.69) is 10.2 Å². The molecular formula is C21H32N6O2. The SMILES string of the molecule is CNc1nc([C@H]2CCCCN2CC(=O)N2CCCC2)nc2c1CCN(C(C)=O)C2. The van der Waals surface area contributed by atoms with Crippen LogP contribution in [0.2, 0.25) is 0 Å². The Bertz CT molecular complexity index is 777. The first-order chi connectivity index (χ1) is 14.1. The second-order valence-corrected chi connectivity index (χ2v) is 8.37. The van der Waals surface area contributed by atoms with Gasteiger partial charge < -0.3 is 15.1 Å². The van der Waals surface area contributed by atoms with Gasteiger partial charge in [-0.05, 0) is 38.6 Å². The molecule has 0 bridgehead atoms. The number of amides is 2. The van der Waals surface area contributed by atoms with E-state index in [9.17, 15) is 9.59 Å². The van der Waals surface area contributed by atoms with Crippen LogP contribution in [0.1, 0.15) is 62.2 Å². The number of piperidine rings is 1. The molecule has 1 aromatic rings. The number of hydrogen-bond donors (Lipinski definition) is 1. The average molecular weight is 401 g/mol. The summed E-state index contributed by atoms with van der Waals surface area (Å²) in [7, 11) is 1.89. The highest BCUT2D eigenvalue weighted by Gasteiger charge is 2.32. The third-order valence-electron chi connectivity index (χ3n) is 6.47. The molecule has 2 saturated heterocycles. The Morgan fingerprint density at radius 1 is 1.03 bits per heavy atom. The second kappa shape index (κ2) is 8.65. The molecule has 2 fully saturated rings. The van der Waals surface area contributed by atoms with E-state index in [1.165, 1.54) is 0 Å². The van der Waals surface area contributed by atoms with Crippen molar-refractivity contribution in [1.82, 2.24) is 24.7 Å². The van der Waals surface area contributed by atoms with Crippen molar-refractivity contribution in [2.45, 2.75) is 58.0 Å². The van der Waals surface area contributed by atoms with Gasteiger partial charge in [0.05, 0.1) is 24.8 Å². The summed E-state index contributed by atoms with van der Waals surface area (Å²) in [6, 6.07) is 0.0559. The van der Waals surface area contributed by atoms with Gasteiger partial charge in [0.1, 0.15) is 11.6 Å². The van der Waals surface area contributed by atoms with E-state index in [4.69, 9.17) is 9.97 Å². The molecule has 8 nitrogen and oxygen atoms in total. The number of likely N-dealkylation sites (tertiary alicyclic amines) is 2. The van der Waals surface area contributed by atoms with Crippen LogP contribution in [-0.4, -0.2) is 76.3 Å². The van der Waals surface area contributed by atoms with Crippen LogP contribution in [-0.2, 0) is 22.6 Å². The number of nitrogens with zero attached hydrogens (tertiary/aromatic N) is 5. The summed E-state index contributed by atoms with van der Waals surface area (Å²) >= 11 is 0. The van der Waals surface area contributed by atoms with Crippen LogP contribution in [0.3, 0.4) is 0 Å². The molecule has 1 aromatic heterocycles. The van der Waals surface area contributed by atoms with Crippen LogP contribution in [0.25, 0.3) is 0 Å². The molecule has 29 heavy (non-hydrogen) atoms. The van der Waals surface area contributed by atoms with Gasteiger partial charge in [0.15, 0.2) is 0 Å². The Kier molecular flexibility index (Phi) is 5.99. The molecule has 1 N–H and O–H groups in total. The first-order valence-corrected chi connectivity index (χ1v) is 10.9. The summed E-state index contributed by atoms with van der Waals surface area (Å²) in [5.41, 5.74) is 2.06. The lowest BCUT2D eigenvalue weighted by Gasteiger charge is -2.36. The summed E-state index contributed by atoms with van der Waals surface area (Å²) in [5, 5.41) is 3.23. The van der Waals surface area contributed by atoms with Crippen LogP contribution in [0, 0.1) is 0 Å². The molecule has 4 rings (SSSR count). The van der Waals surface area contributed by atoms with Gasteiger partial charge in [-0.2, -0.15) is 0 Å². The third kappa shape index (κ3) is 4.22. The topological polar surface area (TPSA) is 81.7 Å². The largest absolute Gasteiger partial charge is 0.373 e. The Morgan fingerprint density at radius 2 is 1.79 bits per heavy atom. The van der Waals surface area contributed by atoms with Crippen molar-refractivity contribution in [2.24, 2.45) is 0 Å². The highest BCUT2D eigenvalue weighted by atomic mass is 16.2. The first kappa shape index (κ1) is 20.1. The van der Waals surface area contributed by atoms with E-state index in [-0.39, 0.29) is 17.9 Å². The zero-order valence-electron chi connectivity index (χ0n) is 17.6. The fourth-order valence-corrected chi connectivity index (χ4v) is 4.79. The van der Waals surface area contributed by atoms with Crippen molar-refractivity contribution in [3.63, 3.8) is 0 Å². The molecule has 0 saturated carbocycles. The second-order valence-electron chi connectivity index (χ2n) is 8.37. The van der Waals surface area contributed by atoms with Crippen LogP contribution < -0.4 is 5.32 Å². The molecule has 0 unspecified atom stereocenters. The van der Waals surface area contributed by atoms with E-state index in [1.54, 1.807) is 6.92 Å². The van der Waals surface area contributed by atoms with Gasteiger partial charge in [0.2, 0.25) is 11.8 Å². The zero-order chi connectivity index (χ0) is 20.4. The highest BCUT2D eigenvalue weighted by molar-refractivity contribution is 5.78. The lowest BCUT2D eigenvalue weighted by molar-refractivity contribution is -0.132. The molecule has 2 amide bonds. The summed E-state index contributed by atoms with van der Waals surface area (Å²) in [6.45, 7) is 5.97. The number of aromatic nitrogens is 2. The van der Waals surface area contributed by atoms with Crippen molar-refractivity contribution in [3.05, 3.63) is 17.1 Å².